The molecule has 2 aliphatic rings. The molecule has 40 heavy (non-hydrogen) atoms. The van der Waals surface area contributed by atoms with Crippen molar-refractivity contribution in [3.63, 3.8) is 0 Å². The molecule has 1 aromatic heterocycles. The molecule has 3 aromatic rings. The lowest BCUT2D eigenvalue weighted by Crippen LogP contribution is -2.54. The van der Waals surface area contributed by atoms with Crippen LogP contribution in [0.3, 0.4) is 0 Å². The third-order valence-electron chi connectivity index (χ3n) is 7.61. The maximum Gasteiger partial charge on any atom is 0.431 e. The van der Waals surface area contributed by atoms with E-state index in [1.807, 2.05) is 6.92 Å². The van der Waals surface area contributed by atoms with Crippen LogP contribution in [0.4, 0.5) is 23.2 Å². The Labute approximate surface area is 233 Å². The molecule has 11 heteroatoms. The molecule has 1 N–H and O–H groups in total. The van der Waals surface area contributed by atoms with Crippen LogP contribution < -0.4 is 10.1 Å². The zero-order chi connectivity index (χ0) is 28.7. The van der Waals surface area contributed by atoms with Gasteiger partial charge in [-0.15, -0.1) is 0 Å². The fourth-order valence-electron chi connectivity index (χ4n) is 5.49. The summed E-state index contributed by atoms with van der Waals surface area (Å²) < 4.78 is 75.3. The number of nitrogens with one attached hydrogen (secondary N) is 1. The molecular weight excluding hydrogens is 542 g/mol. The number of halogens is 4. The highest BCUT2D eigenvalue weighted by Gasteiger charge is 2.39. The van der Waals surface area contributed by atoms with Gasteiger partial charge in [-0.05, 0) is 37.2 Å². The van der Waals surface area contributed by atoms with Gasteiger partial charge in [-0.1, -0.05) is 31.8 Å². The van der Waals surface area contributed by atoms with Gasteiger partial charge in [0.05, 0.1) is 30.3 Å². The van der Waals surface area contributed by atoms with Gasteiger partial charge >= 0.3 is 6.18 Å². The van der Waals surface area contributed by atoms with Gasteiger partial charge < -0.3 is 24.1 Å². The fraction of sp³-hybridized carbons (Fsp3) is 0.517. The second-order valence-corrected chi connectivity index (χ2v) is 17.5. The van der Waals surface area contributed by atoms with E-state index < -0.39 is 25.8 Å². The van der Waals surface area contributed by atoms with Crippen LogP contribution in [-0.4, -0.2) is 62.6 Å². The van der Waals surface area contributed by atoms with Crippen LogP contribution in [0.1, 0.15) is 24.2 Å². The second-order valence-electron chi connectivity index (χ2n) is 11.9. The van der Waals surface area contributed by atoms with Crippen LogP contribution >= 0.6 is 0 Å². The monoisotopic (exact) mass is 579 g/mol. The highest BCUT2D eigenvalue weighted by atomic mass is 28.3. The van der Waals surface area contributed by atoms with Gasteiger partial charge in [0, 0.05) is 50.5 Å². The summed E-state index contributed by atoms with van der Waals surface area (Å²) in [6.07, 6.45) is -4.51. The number of nitrogens with zero attached hydrogens (tertiary/aromatic N) is 2. The lowest BCUT2D eigenvalue weighted by Gasteiger charge is -2.44. The first-order chi connectivity index (χ1) is 18.9. The van der Waals surface area contributed by atoms with E-state index in [9.17, 15) is 17.6 Å². The molecule has 218 valence electrons. The standard InChI is InChI=1S/C29H37F4N3O3Si/c1-19-16-35(10-11-38-19)25-17-39-26-14-20(30)8-9-21(26)28(25)34-23-6-5-7-24-22(23)15-27(29(31,32)33)36(24)18-37-12-13-40(2,3)4/h5-9,14-15,19,25,28,34H,10-13,16-18H2,1-4H3/t19-,25+,28+/m1/s1. The Kier molecular flexibility index (Phi) is 8.20. The summed E-state index contributed by atoms with van der Waals surface area (Å²) in [5.41, 5.74) is 1.02. The number of hydrogen-bond donors (Lipinski definition) is 1. The third-order valence-corrected chi connectivity index (χ3v) is 9.31. The molecule has 0 unspecified atom stereocenters. The van der Waals surface area contributed by atoms with Gasteiger partial charge in [-0.3, -0.25) is 4.90 Å². The average Bonchev–Trinajstić information content (AvgIpc) is 3.26. The molecule has 2 aliphatic heterocycles. The second kappa shape index (κ2) is 11.3. The maximum atomic E-state index is 14.2. The number of hydrogen-bond acceptors (Lipinski definition) is 5. The molecule has 3 heterocycles. The Morgan fingerprint density at radius 2 is 1.93 bits per heavy atom. The van der Waals surface area contributed by atoms with Crippen LogP contribution in [0, 0.1) is 5.82 Å². The van der Waals surface area contributed by atoms with E-state index >= 15 is 0 Å². The van der Waals surface area contributed by atoms with Crippen LogP contribution in [0.25, 0.3) is 10.9 Å². The van der Waals surface area contributed by atoms with E-state index in [1.54, 1.807) is 24.3 Å². The minimum atomic E-state index is -4.55. The molecule has 0 bridgehead atoms. The number of rotatable bonds is 8. The van der Waals surface area contributed by atoms with Crippen molar-refractivity contribution in [2.24, 2.45) is 0 Å². The highest BCUT2D eigenvalue weighted by Crippen LogP contribution is 2.41. The minimum absolute atomic E-state index is 0.0387. The summed E-state index contributed by atoms with van der Waals surface area (Å²) in [5.74, 6) is 0.0330. The molecule has 0 amide bonds. The van der Waals surface area contributed by atoms with Gasteiger partial charge in [0.2, 0.25) is 0 Å². The Balaban J connectivity index is 1.51. The summed E-state index contributed by atoms with van der Waals surface area (Å²) >= 11 is 0. The van der Waals surface area contributed by atoms with E-state index in [2.05, 4.69) is 29.9 Å². The van der Waals surface area contributed by atoms with Gasteiger partial charge in [0.25, 0.3) is 0 Å². The number of aromatic nitrogens is 1. The van der Waals surface area contributed by atoms with Gasteiger partial charge in [0.15, 0.2) is 0 Å². The number of alkyl halides is 3. The SMILES string of the molecule is C[C@@H]1CN([C@H]2COc3cc(F)ccc3[C@@H]2Nc2cccc3c2cc(C(F)(F)F)n3COCC[Si](C)(C)C)CCO1. The summed E-state index contributed by atoms with van der Waals surface area (Å²) in [5, 5.41) is 3.99. The Morgan fingerprint density at radius 1 is 1.12 bits per heavy atom. The predicted molar refractivity (Wildman–Crippen MR) is 150 cm³/mol. The molecule has 1 fully saturated rings. The van der Waals surface area contributed by atoms with Gasteiger partial charge in [-0.25, -0.2) is 4.39 Å². The first-order valence-corrected chi connectivity index (χ1v) is 17.4. The molecule has 2 aromatic carbocycles. The van der Waals surface area contributed by atoms with Crippen molar-refractivity contribution in [3.05, 3.63) is 59.5 Å². The van der Waals surface area contributed by atoms with E-state index in [0.29, 0.717) is 55.2 Å². The molecule has 6 nitrogen and oxygen atoms in total. The summed E-state index contributed by atoms with van der Waals surface area (Å²) in [6.45, 7) is 11.1. The van der Waals surface area contributed by atoms with Crippen LogP contribution in [0.15, 0.2) is 42.5 Å². The normalized spacial score (nSPS) is 22.2. The Bertz CT molecular complexity index is 1340. The summed E-state index contributed by atoms with van der Waals surface area (Å²) in [7, 11) is -1.39. The topological polar surface area (TPSA) is 47.9 Å². The molecule has 5 rings (SSSR count). The Morgan fingerprint density at radius 3 is 2.65 bits per heavy atom. The van der Waals surface area contributed by atoms with Gasteiger partial charge in [-0.2, -0.15) is 13.2 Å². The number of ether oxygens (including phenoxy) is 3. The lowest BCUT2D eigenvalue weighted by molar-refractivity contribution is -0.145. The van der Waals surface area contributed by atoms with Crippen molar-refractivity contribution in [1.29, 1.82) is 0 Å². The summed E-state index contributed by atoms with van der Waals surface area (Å²) in [4.78, 5) is 2.27. The lowest BCUT2D eigenvalue weighted by atomic mass is 9.93. The smallest absolute Gasteiger partial charge is 0.431 e. The zero-order valence-electron chi connectivity index (χ0n) is 23.4. The van der Waals surface area contributed by atoms with Crippen LogP contribution in [0.5, 0.6) is 5.75 Å². The molecular formula is C29H37F4N3O3Si. The first kappa shape index (κ1) is 28.9. The minimum Gasteiger partial charge on any atom is -0.491 e. The van der Waals surface area contributed by atoms with E-state index in [4.69, 9.17) is 14.2 Å². The highest BCUT2D eigenvalue weighted by molar-refractivity contribution is 6.76. The number of fused-ring (bicyclic) bond motifs is 2. The number of morpholine rings is 1. The van der Waals surface area contributed by atoms with Crippen molar-refractivity contribution < 1.29 is 31.8 Å². The molecule has 0 radical (unpaired) electrons. The molecule has 1 saturated heterocycles. The van der Waals surface area contributed by atoms with Crippen molar-refractivity contribution >= 4 is 24.7 Å². The van der Waals surface area contributed by atoms with Crippen molar-refractivity contribution in [3.8, 4) is 5.75 Å². The zero-order valence-corrected chi connectivity index (χ0v) is 24.4. The number of benzene rings is 2. The quantitative estimate of drug-likeness (QED) is 0.182. The summed E-state index contributed by atoms with van der Waals surface area (Å²) in [6, 6.07) is 11.2. The molecule has 0 aliphatic carbocycles. The van der Waals surface area contributed by atoms with Crippen LogP contribution in [-0.2, 0) is 22.4 Å². The Hall–Kier alpha value is -2.60. The van der Waals surface area contributed by atoms with E-state index in [1.165, 1.54) is 22.8 Å². The molecule has 0 spiro atoms. The van der Waals surface area contributed by atoms with Crippen molar-refractivity contribution in [1.82, 2.24) is 9.47 Å². The fourth-order valence-corrected chi connectivity index (χ4v) is 6.25. The third kappa shape index (κ3) is 6.32. The van der Waals surface area contributed by atoms with Crippen molar-refractivity contribution in [2.45, 2.75) is 63.7 Å². The average molecular weight is 580 g/mol. The van der Waals surface area contributed by atoms with E-state index in [0.717, 1.165) is 11.6 Å². The largest absolute Gasteiger partial charge is 0.491 e. The van der Waals surface area contributed by atoms with E-state index in [-0.39, 0.29) is 24.9 Å². The van der Waals surface area contributed by atoms with Crippen molar-refractivity contribution in [2.75, 3.05) is 38.2 Å². The van der Waals surface area contributed by atoms with Gasteiger partial charge in [0.1, 0.15) is 30.6 Å². The molecule has 3 atom stereocenters. The first-order valence-electron chi connectivity index (χ1n) is 13.7. The molecule has 0 saturated carbocycles. The van der Waals surface area contributed by atoms with Crippen LogP contribution in [0.2, 0.25) is 25.7 Å². The number of anilines is 1. The maximum absolute atomic E-state index is 14.2. The predicted octanol–water partition coefficient (Wildman–Crippen LogP) is 6.75.